The predicted octanol–water partition coefficient (Wildman–Crippen LogP) is 1.47. The van der Waals surface area contributed by atoms with Crippen molar-refractivity contribution < 1.29 is 32.2 Å². The lowest BCUT2D eigenvalue weighted by atomic mass is 10.1. The van der Waals surface area contributed by atoms with Gasteiger partial charge in [-0.25, -0.2) is 9.32 Å². The molecule has 1 aliphatic rings. The summed E-state index contributed by atoms with van der Waals surface area (Å²) in [6.45, 7) is -0.646. The minimum Gasteiger partial charge on any atom is -0.384 e. The van der Waals surface area contributed by atoms with Crippen molar-refractivity contribution in [3.8, 4) is 5.75 Å². The first-order valence-corrected chi connectivity index (χ1v) is 8.78. The van der Waals surface area contributed by atoms with E-state index in [4.69, 9.17) is 19.5 Å². The fourth-order valence-electron chi connectivity index (χ4n) is 2.44. The average molecular weight is 402 g/mol. The molecule has 0 spiro atoms. The van der Waals surface area contributed by atoms with E-state index in [9.17, 15) is 23.2 Å². The summed E-state index contributed by atoms with van der Waals surface area (Å²) in [5.74, 6) is -3.70. The number of anilines is 1. The normalized spacial score (nSPS) is 24.6. The van der Waals surface area contributed by atoms with E-state index in [-0.39, 0.29) is 11.6 Å². The zero-order chi connectivity index (χ0) is 19.6. The van der Waals surface area contributed by atoms with Gasteiger partial charge in [-0.15, -0.1) is 4.52 Å². The number of ether oxygens (including phenoxy) is 1. The van der Waals surface area contributed by atoms with Crippen molar-refractivity contribution >= 4 is 14.1 Å². The molecule has 12 heteroatoms. The number of benzene rings is 1. The minimum atomic E-state index is -3.82. The van der Waals surface area contributed by atoms with Gasteiger partial charge >= 0.3 is 19.9 Å². The molecule has 1 saturated heterocycles. The summed E-state index contributed by atoms with van der Waals surface area (Å²) in [7, 11) is -2.69. The molecule has 0 radical (unpaired) electrons. The van der Waals surface area contributed by atoms with Gasteiger partial charge < -0.3 is 15.6 Å². The van der Waals surface area contributed by atoms with Gasteiger partial charge in [0.05, 0.1) is 0 Å². The van der Waals surface area contributed by atoms with E-state index in [0.717, 1.165) is 12.3 Å². The molecule has 1 aliphatic heterocycles. The van der Waals surface area contributed by atoms with Crippen molar-refractivity contribution in [3.63, 3.8) is 0 Å². The maximum atomic E-state index is 14.3. The van der Waals surface area contributed by atoms with E-state index in [1.165, 1.54) is 12.1 Å². The molecule has 0 aliphatic carbocycles. The molecular formula is C15H15F2N3O6P+. The number of aliphatic hydroxyl groups excluding tert-OH is 1. The number of rotatable bonds is 6. The number of nitrogen functional groups attached to an aromatic ring is 1. The van der Waals surface area contributed by atoms with Gasteiger partial charge in [0.25, 0.3) is 0 Å². The Morgan fingerprint density at radius 1 is 1.33 bits per heavy atom. The molecule has 1 aromatic heterocycles. The Morgan fingerprint density at radius 2 is 2.04 bits per heavy atom. The fraction of sp³-hybridized carbons (Fsp3) is 0.333. The third kappa shape index (κ3) is 4.11. The molecule has 9 nitrogen and oxygen atoms in total. The van der Waals surface area contributed by atoms with E-state index in [1.54, 1.807) is 18.2 Å². The number of nitrogens with two attached hydrogens (primary N) is 1. The van der Waals surface area contributed by atoms with Crippen LogP contribution in [0.1, 0.15) is 6.23 Å². The largest absolute Gasteiger partial charge is 0.750 e. The van der Waals surface area contributed by atoms with Crippen LogP contribution in [0.5, 0.6) is 5.75 Å². The quantitative estimate of drug-likeness (QED) is 0.696. The van der Waals surface area contributed by atoms with Gasteiger partial charge in [0.2, 0.25) is 6.23 Å². The first-order chi connectivity index (χ1) is 12.8. The third-order valence-corrected chi connectivity index (χ3v) is 4.47. The topological polar surface area (TPSA) is 126 Å². The molecule has 3 rings (SSSR count). The highest BCUT2D eigenvalue weighted by Gasteiger charge is 2.60. The van der Waals surface area contributed by atoms with Gasteiger partial charge in [0.15, 0.2) is 11.9 Å². The van der Waals surface area contributed by atoms with Crippen LogP contribution in [-0.4, -0.2) is 39.4 Å². The van der Waals surface area contributed by atoms with Gasteiger partial charge in [-0.3, -0.25) is 4.57 Å². The Kier molecular flexibility index (Phi) is 5.47. The molecule has 3 unspecified atom stereocenters. The number of nitrogens with zero attached hydrogens (tertiary/aromatic N) is 2. The number of hydrogen-bond donors (Lipinski definition) is 2. The summed E-state index contributed by atoms with van der Waals surface area (Å²) in [5.41, 5.74) is 4.26. The van der Waals surface area contributed by atoms with E-state index >= 15 is 0 Å². The summed E-state index contributed by atoms with van der Waals surface area (Å²) in [5, 5.41) is 9.85. The van der Waals surface area contributed by atoms with Gasteiger partial charge in [0, 0.05) is 10.8 Å². The number of aliphatic hydroxyl groups is 1. The molecule has 2 aromatic rings. The maximum Gasteiger partial charge on any atom is 0.750 e. The van der Waals surface area contributed by atoms with E-state index in [2.05, 4.69) is 4.98 Å². The van der Waals surface area contributed by atoms with Crippen LogP contribution in [0.4, 0.5) is 14.6 Å². The van der Waals surface area contributed by atoms with E-state index < -0.39 is 44.9 Å². The molecule has 1 fully saturated rings. The lowest BCUT2D eigenvalue weighted by Crippen LogP contribution is -2.41. The van der Waals surface area contributed by atoms with Gasteiger partial charge in [-0.05, 0) is 18.2 Å². The molecule has 27 heavy (non-hydrogen) atoms. The lowest BCUT2D eigenvalue weighted by molar-refractivity contribution is -0.140. The van der Waals surface area contributed by atoms with Crippen LogP contribution < -0.4 is 15.9 Å². The zero-order valence-corrected chi connectivity index (χ0v) is 14.5. The molecule has 4 atom stereocenters. The fourth-order valence-corrected chi connectivity index (χ4v) is 3.05. The highest BCUT2D eigenvalue weighted by atomic mass is 31.1. The van der Waals surface area contributed by atoms with Crippen molar-refractivity contribution in [2.75, 3.05) is 12.3 Å². The van der Waals surface area contributed by atoms with Crippen molar-refractivity contribution in [2.24, 2.45) is 0 Å². The van der Waals surface area contributed by atoms with Gasteiger partial charge in [-0.1, -0.05) is 18.2 Å². The number of aromatic nitrogens is 2. The molecule has 3 N–H and O–H groups in total. The Balaban J connectivity index is 1.67. The first kappa shape index (κ1) is 19.3. The highest BCUT2D eigenvalue weighted by molar-refractivity contribution is 7.33. The second-order valence-corrected chi connectivity index (χ2v) is 6.50. The second-order valence-electron chi connectivity index (χ2n) is 5.61. The molecule has 2 heterocycles. The summed E-state index contributed by atoms with van der Waals surface area (Å²) in [6.07, 6.45) is -4.98. The van der Waals surface area contributed by atoms with Gasteiger partial charge in [-0.2, -0.15) is 13.8 Å². The first-order valence-electron chi connectivity index (χ1n) is 7.68. The zero-order valence-electron chi connectivity index (χ0n) is 13.6. The minimum absolute atomic E-state index is 0.145. The van der Waals surface area contributed by atoms with Crippen molar-refractivity contribution in [3.05, 3.63) is 53.1 Å². The number of hydrogen-bond acceptors (Lipinski definition) is 8. The molecule has 1 aromatic carbocycles. The second kappa shape index (κ2) is 7.65. The molecule has 0 bridgehead atoms. The lowest BCUT2D eigenvalue weighted by Gasteiger charge is -2.20. The summed E-state index contributed by atoms with van der Waals surface area (Å²) < 4.78 is 55.9. The van der Waals surface area contributed by atoms with Crippen LogP contribution in [0.15, 0.2) is 47.4 Å². The number of alkyl halides is 2. The monoisotopic (exact) mass is 402 g/mol. The highest BCUT2D eigenvalue weighted by Crippen LogP contribution is 2.43. The van der Waals surface area contributed by atoms with Crippen LogP contribution in [-0.2, 0) is 13.8 Å². The van der Waals surface area contributed by atoms with E-state index in [1.807, 2.05) is 0 Å². The van der Waals surface area contributed by atoms with Crippen molar-refractivity contribution in [1.82, 2.24) is 9.55 Å². The van der Waals surface area contributed by atoms with Crippen molar-refractivity contribution in [1.29, 1.82) is 0 Å². The SMILES string of the molecule is Nc1ccn([C@@H]2OC(CO[P+](=O)Oc3ccccc3)C(O)C2(F)F)c(=O)n1. The van der Waals surface area contributed by atoms with Crippen molar-refractivity contribution in [2.45, 2.75) is 24.4 Å². The predicted molar refractivity (Wildman–Crippen MR) is 88.4 cm³/mol. The number of halogens is 2. The Hall–Kier alpha value is -2.46. The smallest absolute Gasteiger partial charge is 0.384 e. The number of para-hydroxylation sites is 1. The maximum absolute atomic E-state index is 14.3. The van der Waals surface area contributed by atoms with Crippen LogP contribution in [0, 0.1) is 0 Å². The van der Waals surface area contributed by atoms with Crippen LogP contribution >= 0.6 is 8.25 Å². The van der Waals surface area contributed by atoms with Crippen LogP contribution in [0.2, 0.25) is 0 Å². The molecule has 0 amide bonds. The Morgan fingerprint density at radius 3 is 2.70 bits per heavy atom. The third-order valence-electron chi connectivity index (χ3n) is 3.75. The molecule has 0 saturated carbocycles. The molecule has 144 valence electrons. The van der Waals surface area contributed by atoms with Crippen LogP contribution in [0.3, 0.4) is 0 Å². The molecular weight excluding hydrogens is 387 g/mol. The summed E-state index contributed by atoms with van der Waals surface area (Å²) in [6, 6.07) is 9.21. The standard InChI is InChI=1S/C15H14F2N3O6P/c16-15(17)12(21)10(8-24-27(23)26-9-4-2-1-3-5-9)25-13(15)20-7-6-11(18)19-14(20)22/h1-7,10,12-13,21H,8H2,(H-,18,19,22)/p+1/t10?,12?,13-/m1/s1. The van der Waals surface area contributed by atoms with Crippen LogP contribution in [0.25, 0.3) is 0 Å². The summed E-state index contributed by atoms with van der Waals surface area (Å²) >= 11 is 0. The Labute approximate surface area is 152 Å². The average Bonchev–Trinajstić information content (AvgIpc) is 2.84. The van der Waals surface area contributed by atoms with Gasteiger partial charge in [0.1, 0.15) is 18.5 Å². The van der Waals surface area contributed by atoms with E-state index in [0.29, 0.717) is 4.57 Å². The summed E-state index contributed by atoms with van der Waals surface area (Å²) in [4.78, 5) is 15.1. The Bertz CT molecular complexity index is 881.